The number of fused-ring (bicyclic) bond motifs is 1. The fraction of sp³-hybridized carbons (Fsp3) is 0.176. The molecule has 0 saturated heterocycles. The highest BCUT2D eigenvalue weighted by molar-refractivity contribution is 9.10. The predicted octanol–water partition coefficient (Wildman–Crippen LogP) is 3.23. The molecule has 2 aromatic carbocycles. The van der Waals surface area contributed by atoms with Crippen LogP contribution < -0.4 is 11.1 Å². The Morgan fingerprint density at radius 3 is 2.70 bits per heavy atom. The second-order valence-corrected chi connectivity index (χ2v) is 6.09. The SMILES string of the molecule is CC(NC(=O)Cn1c(=O)oc2ccccc21)c1ccccc1Br. The average molecular weight is 375 g/mol. The molecule has 1 aromatic heterocycles. The van der Waals surface area contributed by atoms with E-state index < -0.39 is 5.76 Å². The molecule has 0 aliphatic carbocycles. The van der Waals surface area contributed by atoms with Crippen molar-refractivity contribution in [3.8, 4) is 0 Å². The number of nitrogens with one attached hydrogen (secondary N) is 1. The van der Waals surface area contributed by atoms with E-state index in [1.165, 1.54) is 4.57 Å². The highest BCUT2D eigenvalue weighted by Gasteiger charge is 2.15. The number of nitrogens with zero attached hydrogens (tertiary/aromatic N) is 1. The number of benzene rings is 2. The third kappa shape index (κ3) is 3.22. The van der Waals surface area contributed by atoms with Gasteiger partial charge in [0.15, 0.2) is 5.58 Å². The third-order valence-electron chi connectivity index (χ3n) is 3.62. The first-order chi connectivity index (χ1) is 11.1. The monoisotopic (exact) mass is 374 g/mol. The Morgan fingerprint density at radius 2 is 1.91 bits per heavy atom. The average Bonchev–Trinajstić information content (AvgIpc) is 2.83. The largest absolute Gasteiger partial charge is 0.420 e. The zero-order chi connectivity index (χ0) is 16.4. The van der Waals surface area contributed by atoms with E-state index in [2.05, 4.69) is 21.2 Å². The maximum atomic E-state index is 12.3. The second-order valence-electron chi connectivity index (χ2n) is 5.23. The Balaban J connectivity index is 1.78. The molecule has 118 valence electrons. The van der Waals surface area contributed by atoms with Gasteiger partial charge in [-0.05, 0) is 30.7 Å². The summed E-state index contributed by atoms with van der Waals surface area (Å²) in [5, 5.41) is 2.90. The molecule has 1 N–H and O–H groups in total. The summed E-state index contributed by atoms with van der Waals surface area (Å²) in [6, 6.07) is 14.6. The minimum absolute atomic E-state index is 0.0787. The molecule has 0 bridgehead atoms. The fourth-order valence-electron chi connectivity index (χ4n) is 2.50. The van der Waals surface area contributed by atoms with E-state index in [0.717, 1.165) is 10.0 Å². The molecule has 0 radical (unpaired) electrons. The number of hydrogen-bond donors (Lipinski definition) is 1. The molecular formula is C17H15BrN2O3. The lowest BCUT2D eigenvalue weighted by Crippen LogP contribution is -2.32. The molecule has 0 fully saturated rings. The summed E-state index contributed by atoms with van der Waals surface area (Å²) in [4.78, 5) is 24.2. The van der Waals surface area contributed by atoms with E-state index in [9.17, 15) is 9.59 Å². The van der Waals surface area contributed by atoms with E-state index in [4.69, 9.17) is 4.42 Å². The highest BCUT2D eigenvalue weighted by Crippen LogP contribution is 2.22. The molecule has 0 aliphatic rings. The van der Waals surface area contributed by atoms with Crippen molar-refractivity contribution >= 4 is 32.9 Å². The Hall–Kier alpha value is -2.34. The van der Waals surface area contributed by atoms with Gasteiger partial charge in [0.1, 0.15) is 6.54 Å². The number of aromatic nitrogens is 1. The van der Waals surface area contributed by atoms with Crippen molar-refractivity contribution in [2.45, 2.75) is 19.5 Å². The summed E-state index contributed by atoms with van der Waals surface area (Å²) in [6.07, 6.45) is 0. The Kier molecular flexibility index (Phi) is 4.34. The molecule has 0 aliphatic heterocycles. The van der Waals surface area contributed by atoms with Crippen molar-refractivity contribution in [3.05, 3.63) is 69.1 Å². The summed E-state index contributed by atoms with van der Waals surface area (Å²) < 4.78 is 7.39. The van der Waals surface area contributed by atoms with Gasteiger partial charge in [-0.1, -0.05) is 46.3 Å². The van der Waals surface area contributed by atoms with Gasteiger partial charge in [-0.3, -0.25) is 9.36 Å². The number of rotatable bonds is 4. The van der Waals surface area contributed by atoms with Crippen molar-refractivity contribution < 1.29 is 9.21 Å². The molecule has 1 amide bonds. The predicted molar refractivity (Wildman–Crippen MR) is 91.2 cm³/mol. The smallest absolute Gasteiger partial charge is 0.408 e. The van der Waals surface area contributed by atoms with Crippen LogP contribution in [0.4, 0.5) is 0 Å². The lowest BCUT2D eigenvalue weighted by molar-refractivity contribution is -0.122. The zero-order valence-corrected chi connectivity index (χ0v) is 14.0. The van der Waals surface area contributed by atoms with Crippen LogP contribution in [0.25, 0.3) is 11.1 Å². The Bertz CT molecular complexity index is 913. The first-order valence-electron chi connectivity index (χ1n) is 7.18. The van der Waals surface area contributed by atoms with Crippen LogP contribution >= 0.6 is 15.9 Å². The Labute approximate surface area is 141 Å². The fourth-order valence-corrected chi connectivity index (χ4v) is 3.13. The molecular weight excluding hydrogens is 360 g/mol. The van der Waals surface area contributed by atoms with Crippen molar-refractivity contribution in [1.29, 1.82) is 0 Å². The van der Waals surface area contributed by atoms with Crippen LogP contribution in [0.1, 0.15) is 18.5 Å². The van der Waals surface area contributed by atoms with Gasteiger partial charge < -0.3 is 9.73 Å². The normalized spacial score (nSPS) is 12.3. The standard InChI is InChI=1S/C17H15BrN2O3/c1-11(12-6-2-3-7-13(12)18)19-16(21)10-20-14-8-4-5-9-15(14)23-17(20)22/h2-9,11H,10H2,1H3,(H,19,21). The first-order valence-corrected chi connectivity index (χ1v) is 7.97. The molecule has 1 atom stereocenters. The topological polar surface area (TPSA) is 64.2 Å². The van der Waals surface area contributed by atoms with Gasteiger partial charge in [0.2, 0.25) is 5.91 Å². The van der Waals surface area contributed by atoms with Gasteiger partial charge in [-0.15, -0.1) is 0 Å². The van der Waals surface area contributed by atoms with Gasteiger partial charge in [-0.2, -0.15) is 0 Å². The molecule has 1 heterocycles. The third-order valence-corrected chi connectivity index (χ3v) is 4.35. The minimum Gasteiger partial charge on any atom is -0.408 e. The van der Waals surface area contributed by atoms with Crippen molar-refractivity contribution in [1.82, 2.24) is 9.88 Å². The minimum atomic E-state index is -0.533. The molecule has 0 spiro atoms. The van der Waals surface area contributed by atoms with Gasteiger partial charge in [-0.25, -0.2) is 4.79 Å². The van der Waals surface area contributed by atoms with Crippen molar-refractivity contribution in [2.75, 3.05) is 0 Å². The number of carbonyl (C=O) groups excluding carboxylic acids is 1. The molecule has 3 aromatic rings. The van der Waals surface area contributed by atoms with Crippen molar-refractivity contribution in [3.63, 3.8) is 0 Å². The summed E-state index contributed by atoms with van der Waals surface area (Å²) >= 11 is 3.47. The highest BCUT2D eigenvalue weighted by atomic mass is 79.9. The van der Waals surface area contributed by atoms with Crippen LogP contribution in [0, 0.1) is 0 Å². The van der Waals surface area contributed by atoms with Gasteiger partial charge in [0.05, 0.1) is 11.6 Å². The Morgan fingerprint density at radius 1 is 1.22 bits per heavy atom. The summed E-state index contributed by atoms with van der Waals surface area (Å²) in [7, 11) is 0. The van der Waals surface area contributed by atoms with Crippen LogP contribution in [0.15, 0.2) is 62.2 Å². The van der Waals surface area contributed by atoms with E-state index in [1.807, 2.05) is 31.2 Å². The van der Waals surface area contributed by atoms with Gasteiger partial charge in [0, 0.05) is 4.47 Å². The van der Waals surface area contributed by atoms with E-state index in [0.29, 0.717) is 11.1 Å². The van der Waals surface area contributed by atoms with E-state index >= 15 is 0 Å². The lowest BCUT2D eigenvalue weighted by atomic mass is 10.1. The molecule has 5 nitrogen and oxygen atoms in total. The van der Waals surface area contributed by atoms with Crippen LogP contribution in [0.3, 0.4) is 0 Å². The summed E-state index contributed by atoms with van der Waals surface area (Å²) in [6.45, 7) is 1.82. The number of hydrogen-bond acceptors (Lipinski definition) is 3. The second kappa shape index (κ2) is 6.42. The van der Waals surface area contributed by atoms with Crippen LogP contribution in [0.5, 0.6) is 0 Å². The first kappa shape index (κ1) is 15.6. The molecule has 1 unspecified atom stereocenters. The lowest BCUT2D eigenvalue weighted by Gasteiger charge is -2.16. The molecule has 23 heavy (non-hydrogen) atoms. The van der Waals surface area contributed by atoms with Gasteiger partial charge >= 0.3 is 5.76 Å². The number of halogens is 1. The number of oxazole rings is 1. The number of amides is 1. The molecule has 6 heteroatoms. The maximum Gasteiger partial charge on any atom is 0.420 e. The summed E-state index contributed by atoms with van der Waals surface area (Å²) in [5.41, 5.74) is 2.07. The van der Waals surface area contributed by atoms with Crippen LogP contribution in [-0.2, 0) is 11.3 Å². The maximum absolute atomic E-state index is 12.3. The van der Waals surface area contributed by atoms with Crippen LogP contribution in [0.2, 0.25) is 0 Å². The quantitative estimate of drug-likeness (QED) is 0.762. The van der Waals surface area contributed by atoms with Gasteiger partial charge in [0.25, 0.3) is 0 Å². The summed E-state index contributed by atoms with van der Waals surface area (Å²) in [5.74, 6) is -0.781. The zero-order valence-electron chi connectivity index (χ0n) is 12.5. The van der Waals surface area contributed by atoms with E-state index in [-0.39, 0.29) is 18.5 Å². The van der Waals surface area contributed by atoms with E-state index in [1.54, 1.807) is 24.3 Å². The molecule has 0 saturated carbocycles. The number of carbonyl (C=O) groups is 1. The van der Waals surface area contributed by atoms with Crippen molar-refractivity contribution in [2.24, 2.45) is 0 Å². The molecule has 3 rings (SSSR count). The van der Waals surface area contributed by atoms with Crippen LogP contribution in [-0.4, -0.2) is 10.5 Å². The number of para-hydroxylation sites is 2.